The molecule has 1 atom stereocenters. The minimum atomic E-state index is -0.185. The van der Waals surface area contributed by atoms with E-state index >= 15 is 0 Å². The lowest BCUT2D eigenvalue weighted by molar-refractivity contribution is 0.0531. The van der Waals surface area contributed by atoms with E-state index in [0.29, 0.717) is 45.0 Å². The molecule has 0 aliphatic carbocycles. The summed E-state index contributed by atoms with van der Waals surface area (Å²) in [5.41, 5.74) is 7.33. The summed E-state index contributed by atoms with van der Waals surface area (Å²) in [7, 11) is 0. The van der Waals surface area contributed by atoms with Gasteiger partial charge >= 0.3 is 6.03 Å². The van der Waals surface area contributed by atoms with E-state index in [2.05, 4.69) is 50.5 Å². The number of urea groups is 1. The summed E-state index contributed by atoms with van der Waals surface area (Å²) in [5.74, 6) is 1.63. The molecule has 0 saturated carbocycles. The van der Waals surface area contributed by atoms with Crippen LogP contribution in [0.2, 0.25) is 0 Å². The van der Waals surface area contributed by atoms with Gasteiger partial charge in [-0.25, -0.2) is 4.79 Å². The van der Waals surface area contributed by atoms with Crippen LogP contribution in [0.5, 0.6) is 17.2 Å². The van der Waals surface area contributed by atoms with Crippen LogP contribution in [0.25, 0.3) is 0 Å². The Balaban J connectivity index is 1.56. The number of carbonyl (C=O) groups excluding carboxylic acids is 1. The number of hydrogen-bond acceptors (Lipinski definition) is 5. The molecule has 0 aromatic heterocycles. The molecule has 0 spiro atoms. The molecule has 0 bridgehead atoms. The van der Waals surface area contributed by atoms with Gasteiger partial charge in [-0.2, -0.15) is 0 Å². The normalized spacial score (nSPS) is 15.1. The fourth-order valence-corrected chi connectivity index (χ4v) is 5.05. The molecule has 0 unspecified atom stereocenters. The number of nitrogens with zero attached hydrogens (tertiary/aromatic N) is 1. The number of phenolic OH excluding ortho intramolecular Hbond substituents is 1. The second-order valence-electron chi connectivity index (χ2n) is 6.73. The number of ether oxygens (including phenoxy) is 2. The van der Waals surface area contributed by atoms with Crippen molar-refractivity contribution in [3.8, 4) is 17.2 Å². The third kappa shape index (κ3) is 6.59. The van der Waals surface area contributed by atoms with Crippen LogP contribution in [0.15, 0.2) is 36.4 Å². The number of rotatable bonds is 6. The Morgan fingerprint density at radius 3 is 2.45 bits per heavy atom. The highest BCUT2D eigenvalue weighted by molar-refractivity contribution is 14.1. The SMILES string of the molecule is N[C@H](CNC(=O)N1CCOCC1)Cc1cc(I)c(Oc2ccc(O)cc2)c(I)c1. The summed E-state index contributed by atoms with van der Waals surface area (Å²) in [6.45, 7) is 2.79. The van der Waals surface area contributed by atoms with Crippen LogP contribution in [-0.2, 0) is 11.2 Å². The van der Waals surface area contributed by atoms with Crippen LogP contribution in [0.3, 0.4) is 0 Å². The molecular weight excluding hydrogens is 600 g/mol. The molecule has 1 fully saturated rings. The zero-order chi connectivity index (χ0) is 20.8. The molecular formula is C20H23I2N3O4. The third-order valence-electron chi connectivity index (χ3n) is 4.43. The Kier molecular flexibility index (Phi) is 8.21. The second-order valence-corrected chi connectivity index (χ2v) is 9.06. The van der Waals surface area contributed by atoms with Crippen molar-refractivity contribution in [2.45, 2.75) is 12.5 Å². The van der Waals surface area contributed by atoms with Gasteiger partial charge in [-0.05, 0) is 93.6 Å². The van der Waals surface area contributed by atoms with Crippen LogP contribution >= 0.6 is 45.2 Å². The molecule has 0 radical (unpaired) electrons. The zero-order valence-corrected chi connectivity index (χ0v) is 20.1. The summed E-state index contributed by atoms with van der Waals surface area (Å²) in [6, 6.07) is 10.4. The summed E-state index contributed by atoms with van der Waals surface area (Å²) >= 11 is 4.49. The van der Waals surface area contributed by atoms with Crippen molar-refractivity contribution < 1.29 is 19.4 Å². The van der Waals surface area contributed by atoms with E-state index in [1.807, 2.05) is 12.1 Å². The van der Waals surface area contributed by atoms with Crippen molar-refractivity contribution in [1.82, 2.24) is 10.2 Å². The summed E-state index contributed by atoms with van der Waals surface area (Å²) in [6.07, 6.45) is 0.648. The number of hydrogen-bond donors (Lipinski definition) is 3. The second kappa shape index (κ2) is 10.6. The quantitative estimate of drug-likeness (QED) is 0.430. The van der Waals surface area contributed by atoms with E-state index in [1.54, 1.807) is 29.2 Å². The van der Waals surface area contributed by atoms with E-state index < -0.39 is 0 Å². The molecule has 2 aromatic carbocycles. The van der Waals surface area contributed by atoms with Gasteiger partial charge in [0.15, 0.2) is 5.75 Å². The first-order chi connectivity index (χ1) is 13.9. The average Bonchev–Trinajstić information content (AvgIpc) is 2.71. The molecule has 1 saturated heterocycles. The van der Waals surface area contributed by atoms with Crippen LogP contribution in [0.4, 0.5) is 4.79 Å². The largest absolute Gasteiger partial charge is 0.508 e. The van der Waals surface area contributed by atoms with Crippen LogP contribution in [0, 0.1) is 7.14 Å². The monoisotopic (exact) mass is 623 g/mol. The first-order valence-electron chi connectivity index (χ1n) is 9.23. The molecule has 156 valence electrons. The van der Waals surface area contributed by atoms with Gasteiger partial charge in [0.05, 0.1) is 20.4 Å². The predicted molar refractivity (Wildman–Crippen MR) is 128 cm³/mol. The number of nitrogens with one attached hydrogen (secondary N) is 1. The van der Waals surface area contributed by atoms with Crippen molar-refractivity contribution in [2.75, 3.05) is 32.8 Å². The number of nitrogens with two attached hydrogens (primary N) is 1. The maximum atomic E-state index is 12.2. The van der Waals surface area contributed by atoms with E-state index in [1.165, 1.54) is 0 Å². The highest BCUT2D eigenvalue weighted by Crippen LogP contribution is 2.33. The summed E-state index contributed by atoms with van der Waals surface area (Å²) < 4.78 is 13.2. The topological polar surface area (TPSA) is 97.1 Å². The molecule has 1 aliphatic heterocycles. The summed E-state index contributed by atoms with van der Waals surface area (Å²) in [5, 5.41) is 12.3. The van der Waals surface area contributed by atoms with Gasteiger partial charge in [0.1, 0.15) is 11.5 Å². The van der Waals surface area contributed by atoms with Gasteiger partial charge in [0.2, 0.25) is 0 Å². The number of phenols is 1. The van der Waals surface area contributed by atoms with Crippen molar-refractivity contribution in [1.29, 1.82) is 0 Å². The van der Waals surface area contributed by atoms with Crippen molar-refractivity contribution in [3.63, 3.8) is 0 Å². The van der Waals surface area contributed by atoms with Crippen LogP contribution in [0.1, 0.15) is 5.56 Å². The molecule has 9 heteroatoms. The first-order valence-corrected chi connectivity index (χ1v) is 11.4. The number of aromatic hydroxyl groups is 1. The Labute approximate surface area is 197 Å². The Morgan fingerprint density at radius 1 is 1.21 bits per heavy atom. The average molecular weight is 623 g/mol. The number of amides is 2. The minimum absolute atomic E-state index is 0.0921. The standard InChI is InChI=1S/C20H23I2N3O4/c21-17-10-13(9-14(23)12-24-20(27)25-5-7-28-8-6-25)11-18(22)19(17)29-16-3-1-15(26)2-4-16/h1-4,10-11,14,26H,5-9,12,23H2,(H,24,27)/t14-/m0/s1. The van der Waals surface area contributed by atoms with E-state index in [9.17, 15) is 9.90 Å². The van der Waals surface area contributed by atoms with E-state index in [4.69, 9.17) is 15.2 Å². The van der Waals surface area contributed by atoms with Crippen molar-refractivity contribution >= 4 is 51.2 Å². The number of halogens is 2. The number of morpholine rings is 1. The maximum absolute atomic E-state index is 12.2. The molecule has 2 aromatic rings. The van der Waals surface area contributed by atoms with Gasteiger partial charge in [0, 0.05) is 25.7 Å². The fraction of sp³-hybridized carbons (Fsp3) is 0.350. The van der Waals surface area contributed by atoms with Crippen molar-refractivity contribution in [3.05, 3.63) is 49.1 Å². The lowest BCUT2D eigenvalue weighted by Crippen LogP contribution is -2.49. The van der Waals surface area contributed by atoms with Crippen molar-refractivity contribution in [2.24, 2.45) is 5.73 Å². The summed E-state index contributed by atoms with van der Waals surface area (Å²) in [4.78, 5) is 13.9. The molecule has 1 heterocycles. The smallest absolute Gasteiger partial charge is 0.317 e. The van der Waals surface area contributed by atoms with E-state index in [-0.39, 0.29) is 17.8 Å². The maximum Gasteiger partial charge on any atom is 0.317 e. The van der Waals surface area contributed by atoms with Gasteiger partial charge in [-0.3, -0.25) is 0 Å². The van der Waals surface area contributed by atoms with E-state index in [0.717, 1.165) is 18.5 Å². The van der Waals surface area contributed by atoms with Gasteiger partial charge < -0.3 is 30.5 Å². The molecule has 1 aliphatic rings. The predicted octanol–water partition coefficient (Wildman–Crippen LogP) is 3.31. The molecule has 7 nitrogen and oxygen atoms in total. The minimum Gasteiger partial charge on any atom is -0.508 e. The molecule has 2 amide bonds. The Morgan fingerprint density at radius 2 is 1.83 bits per heavy atom. The lowest BCUT2D eigenvalue weighted by Gasteiger charge is -2.27. The van der Waals surface area contributed by atoms with Gasteiger partial charge in [-0.15, -0.1) is 0 Å². The van der Waals surface area contributed by atoms with Gasteiger partial charge in [0.25, 0.3) is 0 Å². The third-order valence-corrected chi connectivity index (χ3v) is 6.03. The lowest BCUT2D eigenvalue weighted by atomic mass is 10.1. The van der Waals surface area contributed by atoms with Crippen LogP contribution in [-0.4, -0.2) is 54.9 Å². The Bertz CT molecular complexity index is 819. The molecule has 4 N–H and O–H groups in total. The number of benzene rings is 2. The molecule has 29 heavy (non-hydrogen) atoms. The van der Waals surface area contributed by atoms with Crippen LogP contribution < -0.4 is 15.8 Å². The number of carbonyl (C=O) groups is 1. The highest BCUT2D eigenvalue weighted by atomic mass is 127. The fourth-order valence-electron chi connectivity index (χ4n) is 2.93. The first kappa shape index (κ1) is 22.4. The molecule has 3 rings (SSSR count). The Hall–Kier alpha value is -1.31. The van der Waals surface area contributed by atoms with Gasteiger partial charge in [-0.1, -0.05) is 0 Å². The highest BCUT2D eigenvalue weighted by Gasteiger charge is 2.18. The zero-order valence-electron chi connectivity index (χ0n) is 15.7.